The summed E-state index contributed by atoms with van der Waals surface area (Å²) in [6, 6.07) is 11.3. The van der Waals surface area contributed by atoms with Crippen LogP contribution in [0.15, 0.2) is 61.1 Å². The number of rotatable bonds is 7. The number of halogens is 2. The molecule has 2 saturated heterocycles. The van der Waals surface area contributed by atoms with Gasteiger partial charge in [-0.25, -0.2) is 9.37 Å². The van der Waals surface area contributed by atoms with Gasteiger partial charge in [-0.15, -0.1) is 0 Å². The molecule has 2 aliphatic rings. The van der Waals surface area contributed by atoms with Gasteiger partial charge in [0.15, 0.2) is 0 Å². The SMILES string of the molecule is CN(C)/C=C\N(C=O)c1ccc(-c2cc(F)cc(-c3ccnc(N4CCC5(CCCN5C)C4)c3)c2O)cc1Cl. The lowest BCUT2D eigenvalue weighted by atomic mass is 9.96. The molecule has 0 radical (unpaired) electrons. The minimum Gasteiger partial charge on any atom is -0.507 e. The Labute approximate surface area is 233 Å². The molecule has 1 amide bonds. The summed E-state index contributed by atoms with van der Waals surface area (Å²) in [7, 11) is 5.88. The highest BCUT2D eigenvalue weighted by molar-refractivity contribution is 6.34. The number of anilines is 2. The number of amides is 1. The van der Waals surface area contributed by atoms with E-state index in [-0.39, 0.29) is 11.3 Å². The van der Waals surface area contributed by atoms with E-state index in [2.05, 4.69) is 21.8 Å². The van der Waals surface area contributed by atoms with Gasteiger partial charge in [0.05, 0.1) is 10.7 Å². The molecule has 1 atom stereocenters. The first-order valence-electron chi connectivity index (χ1n) is 13.0. The Balaban J connectivity index is 1.46. The van der Waals surface area contributed by atoms with E-state index in [9.17, 15) is 14.3 Å². The Kier molecular flexibility index (Phi) is 7.51. The summed E-state index contributed by atoms with van der Waals surface area (Å²) < 4.78 is 14.9. The second kappa shape index (κ2) is 10.9. The van der Waals surface area contributed by atoms with Crippen molar-refractivity contribution in [2.75, 3.05) is 50.6 Å². The molecule has 1 N–H and O–H groups in total. The first-order valence-corrected chi connectivity index (χ1v) is 13.4. The maximum Gasteiger partial charge on any atom is 0.218 e. The first-order chi connectivity index (χ1) is 18.7. The van der Waals surface area contributed by atoms with E-state index >= 15 is 0 Å². The van der Waals surface area contributed by atoms with Gasteiger partial charge in [-0.1, -0.05) is 17.7 Å². The number of benzene rings is 2. The molecular weight excluding hydrogens is 517 g/mol. The van der Waals surface area contributed by atoms with Crippen LogP contribution in [0, 0.1) is 5.82 Å². The Morgan fingerprint density at radius 1 is 1.05 bits per heavy atom. The summed E-state index contributed by atoms with van der Waals surface area (Å²) >= 11 is 6.53. The smallest absolute Gasteiger partial charge is 0.218 e. The van der Waals surface area contributed by atoms with E-state index in [4.69, 9.17) is 11.6 Å². The van der Waals surface area contributed by atoms with Gasteiger partial charge < -0.3 is 14.9 Å². The molecule has 3 heterocycles. The largest absolute Gasteiger partial charge is 0.507 e. The van der Waals surface area contributed by atoms with Crippen molar-refractivity contribution in [1.29, 1.82) is 0 Å². The number of phenolic OH excluding ortho intramolecular Hbond substituents is 1. The molecule has 5 rings (SSSR count). The number of phenols is 1. The molecule has 3 aromatic rings. The van der Waals surface area contributed by atoms with Crippen molar-refractivity contribution in [2.24, 2.45) is 0 Å². The number of nitrogens with zero attached hydrogens (tertiary/aromatic N) is 5. The molecule has 0 saturated carbocycles. The van der Waals surface area contributed by atoms with Crippen LogP contribution >= 0.6 is 11.6 Å². The Morgan fingerprint density at radius 2 is 1.79 bits per heavy atom. The maximum atomic E-state index is 14.9. The third-order valence-corrected chi connectivity index (χ3v) is 8.21. The van der Waals surface area contributed by atoms with Gasteiger partial charge >= 0.3 is 0 Å². The highest BCUT2D eigenvalue weighted by Gasteiger charge is 2.44. The predicted octanol–water partition coefficient (Wildman–Crippen LogP) is 5.58. The van der Waals surface area contributed by atoms with E-state index in [1.165, 1.54) is 29.9 Å². The number of carbonyl (C=O) groups excluding carboxylic acids is 1. The van der Waals surface area contributed by atoms with Crippen molar-refractivity contribution >= 4 is 29.5 Å². The summed E-state index contributed by atoms with van der Waals surface area (Å²) in [5, 5.41) is 11.6. The number of aromatic nitrogens is 1. The van der Waals surface area contributed by atoms with Gasteiger partial charge in [-0.2, -0.15) is 0 Å². The lowest BCUT2D eigenvalue weighted by Gasteiger charge is -2.32. The number of hydrogen-bond acceptors (Lipinski definition) is 6. The van der Waals surface area contributed by atoms with E-state index in [1.54, 1.807) is 47.8 Å². The van der Waals surface area contributed by atoms with Gasteiger partial charge in [0.1, 0.15) is 17.4 Å². The summed E-state index contributed by atoms with van der Waals surface area (Å²) in [6.07, 6.45) is 9.17. The van der Waals surface area contributed by atoms with Crippen molar-refractivity contribution < 1.29 is 14.3 Å². The summed E-state index contributed by atoms with van der Waals surface area (Å²) in [5.41, 5.74) is 2.57. The van der Waals surface area contributed by atoms with E-state index < -0.39 is 5.82 Å². The standard InChI is InChI=1S/C30H33ClFN5O2/c1-34(2)13-14-37(20-38)27-6-5-21(15-26(27)31)24-17-23(32)18-25(29(24)39)22-7-10-33-28(16-22)36-12-9-30(19-36)8-4-11-35(30)3/h5-7,10,13-18,20,39H,4,8-9,11-12,19H2,1-3H3/b14-13-. The quantitative estimate of drug-likeness (QED) is 0.388. The van der Waals surface area contributed by atoms with Gasteiger partial charge in [-0.3, -0.25) is 14.6 Å². The van der Waals surface area contributed by atoms with Crippen molar-refractivity contribution in [1.82, 2.24) is 14.8 Å². The molecule has 9 heteroatoms. The zero-order valence-corrected chi connectivity index (χ0v) is 23.2. The van der Waals surface area contributed by atoms with Crippen LogP contribution in [0.25, 0.3) is 22.3 Å². The highest BCUT2D eigenvalue weighted by Crippen LogP contribution is 2.42. The Hall–Kier alpha value is -3.62. The van der Waals surface area contributed by atoms with Gasteiger partial charge in [0, 0.05) is 62.4 Å². The molecule has 2 fully saturated rings. The lowest BCUT2D eigenvalue weighted by molar-refractivity contribution is -0.106. The fourth-order valence-corrected chi connectivity index (χ4v) is 5.98. The van der Waals surface area contributed by atoms with Crippen LogP contribution in [0.3, 0.4) is 0 Å². The van der Waals surface area contributed by atoms with Crippen molar-refractivity contribution in [3.63, 3.8) is 0 Å². The van der Waals surface area contributed by atoms with E-state index in [0.29, 0.717) is 39.4 Å². The van der Waals surface area contributed by atoms with Crippen LogP contribution in [0.1, 0.15) is 19.3 Å². The molecule has 2 aromatic carbocycles. The van der Waals surface area contributed by atoms with Crippen LogP contribution in [0.4, 0.5) is 15.9 Å². The first kappa shape index (κ1) is 27.0. The molecular formula is C30H33ClFN5O2. The number of pyridine rings is 1. The van der Waals surface area contributed by atoms with Crippen LogP contribution in [0.5, 0.6) is 5.75 Å². The van der Waals surface area contributed by atoms with Crippen molar-refractivity contribution in [2.45, 2.75) is 24.8 Å². The number of aromatic hydroxyl groups is 1. The zero-order valence-electron chi connectivity index (χ0n) is 22.4. The minimum absolute atomic E-state index is 0.0504. The van der Waals surface area contributed by atoms with Crippen LogP contribution in [-0.2, 0) is 4.79 Å². The van der Waals surface area contributed by atoms with E-state index in [1.807, 2.05) is 20.2 Å². The van der Waals surface area contributed by atoms with Gasteiger partial charge in [0.25, 0.3) is 0 Å². The number of likely N-dealkylation sites (N-methyl/N-ethyl adjacent to an activating group) is 1. The predicted molar refractivity (Wildman–Crippen MR) is 155 cm³/mol. The Morgan fingerprint density at radius 3 is 2.44 bits per heavy atom. The number of carbonyl (C=O) groups is 1. The summed E-state index contributed by atoms with van der Waals surface area (Å²) in [4.78, 5) is 24.1. The number of hydrogen-bond donors (Lipinski definition) is 1. The van der Waals surface area contributed by atoms with Crippen LogP contribution in [-0.4, -0.2) is 72.6 Å². The average Bonchev–Trinajstić information content (AvgIpc) is 3.52. The molecule has 1 unspecified atom stereocenters. The Bertz CT molecular complexity index is 1410. The second-order valence-electron chi connectivity index (χ2n) is 10.6. The van der Waals surface area contributed by atoms with E-state index in [0.717, 1.165) is 31.9 Å². The fraction of sp³-hybridized carbons (Fsp3) is 0.333. The molecule has 1 spiro atoms. The molecule has 204 valence electrons. The molecule has 0 aliphatic carbocycles. The fourth-order valence-electron chi connectivity index (χ4n) is 5.70. The highest BCUT2D eigenvalue weighted by atomic mass is 35.5. The van der Waals surface area contributed by atoms with Crippen LogP contribution < -0.4 is 9.80 Å². The normalized spacial score (nSPS) is 19.4. The zero-order chi connectivity index (χ0) is 27.7. The molecule has 0 bridgehead atoms. The van der Waals surface area contributed by atoms with Crippen molar-refractivity contribution in [3.05, 3.63) is 71.9 Å². The van der Waals surface area contributed by atoms with Crippen LogP contribution in [0.2, 0.25) is 5.02 Å². The summed E-state index contributed by atoms with van der Waals surface area (Å²) in [6.45, 7) is 2.94. The molecule has 1 aromatic heterocycles. The summed E-state index contributed by atoms with van der Waals surface area (Å²) in [5.74, 6) is 0.292. The van der Waals surface area contributed by atoms with Gasteiger partial charge in [-0.05, 0) is 80.4 Å². The lowest BCUT2D eigenvalue weighted by Crippen LogP contribution is -2.43. The second-order valence-corrected chi connectivity index (χ2v) is 11.0. The third-order valence-electron chi connectivity index (χ3n) is 7.91. The molecule has 7 nitrogen and oxygen atoms in total. The third kappa shape index (κ3) is 5.31. The average molecular weight is 550 g/mol. The molecule has 39 heavy (non-hydrogen) atoms. The maximum absolute atomic E-state index is 14.9. The van der Waals surface area contributed by atoms with Gasteiger partial charge in [0.2, 0.25) is 6.41 Å². The number of likely N-dealkylation sites (tertiary alicyclic amines) is 1. The minimum atomic E-state index is -0.479. The topological polar surface area (TPSA) is 63.2 Å². The monoisotopic (exact) mass is 549 g/mol. The van der Waals surface area contributed by atoms with Crippen molar-refractivity contribution in [3.8, 4) is 28.0 Å². The molecule has 2 aliphatic heterocycles.